The fraction of sp³-hybridized carbons (Fsp3) is 0.667. The number of hydrogen-bond acceptors (Lipinski definition) is 3. The molecule has 2 N–H and O–H groups in total. The lowest BCUT2D eigenvalue weighted by atomic mass is 9.95. The molecule has 0 aliphatic rings. The molecule has 1 aromatic rings. The average molecular weight is 249 g/mol. The van der Waals surface area contributed by atoms with E-state index >= 15 is 0 Å². The number of nitrogens with zero attached hydrogens (tertiary/aromatic N) is 2. The van der Waals surface area contributed by atoms with Crippen molar-refractivity contribution in [2.45, 2.75) is 52.6 Å². The molecule has 0 fully saturated rings. The van der Waals surface area contributed by atoms with E-state index in [1.54, 1.807) is 0 Å². The predicted octanol–water partition coefficient (Wildman–Crippen LogP) is 2.73. The first-order valence-corrected chi connectivity index (χ1v) is 6.91. The zero-order valence-electron chi connectivity index (χ0n) is 12.2. The second-order valence-corrected chi connectivity index (χ2v) is 5.35. The van der Waals surface area contributed by atoms with E-state index in [4.69, 9.17) is 5.73 Å². The van der Waals surface area contributed by atoms with Crippen LogP contribution in [0.4, 0.5) is 0 Å². The summed E-state index contributed by atoms with van der Waals surface area (Å²) in [5, 5.41) is 0. The summed E-state index contributed by atoms with van der Waals surface area (Å²) in [4.78, 5) is 6.76. The quantitative estimate of drug-likeness (QED) is 0.808. The van der Waals surface area contributed by atoms with Crippen LogP contribution in [0, 0.1) is 6.92 Å². The van der Waals surface area contributed by atoms with E-state index in [9.17, 15) is 0 Å². The van der Waals surface area contributed by atoms with Crippen molar-refractivity contribution in [1.82, 2.24) is 9.88 Å². The Balaban J connectivity index is 2.86. The Morgan fingerprint density at radius 2 is 2.06 bits per heavy atom. The molecule has 3 heteroatoms. The first kappa shape index (κ1) is 15.1. The van der Waals surface area contributed by atoms with Gasteiger partial charge in [-0.05, 0) is 44.4 Å². The van der Waals surface area contributed by atoms with Crippen LogP contribution in [-0.2, 0) is 6.54 Å². The van der Waals surface area contributed by atoms with Crippen LogP contribution >= 0.6 is 0 Å². The van der Waals surface area contributed by atoms with Gasteiger partial charge in [0.1, 0.15) is 0 Å². The van der Waals surface area contributed by atoms with Crippen molar-refractivity contribution < 1.29 is 0 Å². The van der Waals surface area contributed by atoms with Gasteiger partial charge in [-0.1, -0.05) is 19.9 Å². The van der Waals surface area contributed by atoms with Crippen molar-refractivity contribution in [2.24, 2.45) is 5.73 Å². The van der Waals surface area contributed by atoms with E-state index in [0.717, 1.165) is 25.9 Å². The topological polar surface area (TPSA) is 42.2 Å². The molecular weight excluding hydrogens is 222 g/mol. The fourth-order valence-electron chi connectivity index (χ4n) is 2.23. The Hall–Kier alpha value is -0.930. The molecule has 0 saturated heterocycles. The molecule has 1 unspecified atom stereocenters. The van der Waals surface area contributed by atoms with Gasteiger partial charge in [0.25, 0.3) is 0 Å². The zero-order valence-corrected chi connectivity index (χ0v) is 12.2. The van der Waals surface area contributed by atoms with Gasteiger partial charge in [-0.25, -0.2) is 0 Å². The number of hydrogen-bond donors (Lipinski definition) is 1. The number of nitrogens with two attached hydrogens (primary N) is 1. The molecule has 1 aromatic heterocycles. The highest BCUT2D eigenvalue weighted by Gasteiger charge is 2.27. The summed E-state index contributed by atoms with van der Waals surface area (Å²) in [6, 6.07) is 2.21. The highest BCUT2D eigenvalue weighted by Crippen LogP contribution is 2.21. The zero-order chi connectivity index (χ0) is 13.6. The molecule has 0 saturated carbocycles. The molecule has 1 heterocycles. The van der Waals surface area contributed by atoms with Crippen LogP contribution in [0.1, 0.15) is 44.7 Å². The number of pyridine rings is 1. The van der Waals surface area contributed by atoms with E-state index in [1.807, 2.05) is 12.4 Å². The maximum absolute atomic E-state index is 5.97. The third-order valence-corrected chi connectivity index (χ3v) is 3.76. The molecular formula is C15H27N3. The lowest BCUT2D eigenvalue weighted by molar-refractivity contribution is 0.0971. The van der Waals surface area contributed by atoms with Crippen molar-refractivity contribution in [1.29, 1.82) is 0 Å². The van der Waals surface area contributed by atoms with Crippen molar-refractivity contribution in [3.8, 4) is 0 Å². The summed E-state index contributed by atoms with van der Waals surface area (Å²) in [5.74, 6) is 0. The van der Waals surface area contributed by atoms with Gasteiger partial charge < -0.3 is 5.73 Å². The van der Waals surface area contributed by atoms with E-state index in [0.29, 0.717) is 6.54 Å². The number of rotatable bonds is 7. The van der Waals surface area contributed by atoms with E-state index < -0.39 is 0 Å². The Kier molecular flexibility index (Phi) is 5.76. The molecule has 0 bridgehead atoms. The molecule has 0 spiro atoms. The van der Waals surface area contributed by atoms with Crippen LogP contribution in [0.3, 0.4) is 0 Å². The van der Waals surface area contributed by atoms with Gasteiger partial charge in [0.05, 0.1) is 0 Å². The van der Waals surface area contributed by atoms with Gasteiger partial charge in [-0.3, -0.25) is 9.88 Å². The second-order valence-electron chi connectivity index (χ2n) is 5.35. The number of aryl methyl sites for hydroxylation is 1. The maximum Gasteiger partial charge on any atom is 0.0313 e. The third kappa shape index (κ3) is 3.79. The van der Waals surface area contributed by atoms with Crippen molar-refractivity contribution in [2.75, 3.05) is 13.1 Å². The second kappa shape index (κ2) is 6.86. The fourth-order valence-corrected chi connectivity index (χ4v) is 2.23. The molecule has 0 radical (unpaired) electrons. The molecule has 0 aliphatic carbocycles. The van der Waals surface area contributed by atoms with Crippen LogP contribution in [0.2, 0.25) is 0 Å². The van der Waals surface area contributed by atoms with Gasteiger partial charge in [0, 0.05) is 31.0 Å². The Morgan fingerprint density at radius 1 is 1.33 bits per heavy atom. The summed E-state index contributed by atoms with van der Waals surface area (Å²) in [5.41, 5.74) is 8.55. The lowest BCUT2D eigenvalue weighted by Gasteiger charge is -2.40. The lowest BCUT2D eigenvalue weighted by Crippen LogP contribution is -2.51. The average Bonchev–Trinajstić information content (AvgIpc) is 2.37. The van der Waals surface area contributed by atoms with E-state index in [1.165, 1.54) is 11.1 Å². The summed E-state index contributed by atoms with van der Waals surface area (Å²) in [7, 11) is 0. The van der Waals surface area contributed by atoms with E-state index in [-0.39, 0.29) is 5.54 Å². The standard InChI is InChI=1S/C15H27N3/c1-5-7-18(15(4,6-2)12-16)11-14-8-13(3)9-17-10-14/h8-10H,5-7,11-12,16H2,1-4H3. The van der Waals surface area contributed by atoms with Crippen LogP contribution in [0.25, 0.3) is 0 Å². The van der Waals surface area contributed by atoms with Gasteiger partial charge in [0.15, 0.2) is 0 Å². The summed E-state index contributed by atoms with van der Waals surface area (Å²) in [6.07, 6.45) is 6.08. The third-order valence-electron chi connectivity index (χ3n) is 3.76. The minimum atomic E-state index is 0.0831. The molecule has 0 aromatic carbocycles. The first-order valence-electron chi connectivity index (χ1n) is 6.91. The van der Waals surface area contributed by atoms with Crippen molar-refractivity contribution in [3.63, 3.8) is 0 Å². The summed E-state index contributed by atoms with van der Waals surface area (Å²) < 4.78 is 0. The Bertz CT molecular complexity index is 359. The van der Waals surface area contributed by atoms with Crippen LogP contribution in [-0.4, -0.2) is 28.5 Å². The highest BCUT2D eigenvalue weighted by molar-refractivity contribution is 5.16. The molecule has 1 rings (SSSR count). The minimum absolute atomic E-state index is 0.0831. The minimum Gasteiger partial charge on any atom is -0.329 e. The van der Waals surface area contributed by atoms with Gasteiger partial charge in [-0.2, -0.15) is 0 Å². The van der Waals surface area contributed by atoms with E-state index in [2.05, 4.69) is 43.6 Å². The Morgan fingerprint density at radius 3 is 2.56 bits per heavy atom. The normalized spacial score (nSPS) is 14.8. The SMILES string of the molecule is CCCN(Cc1cncc(C)c1)C(C)(CC)CN. The maximum atomic E-state index is 5.97. The van der Waals surface area contributed by atoms with Gasteiger partial charge >= 0.3 is 0 Å². The summed E-state index contributed by atoms with van der Waals surface area (Å²) >= 11 is 0. The van der Waals surface area contributed by atoms with Crippen LogP contribution in [0.5, 0.6) is 0 Å². The Labute approximate surface area is 111 Å². The molecule has 18 heavy (non-hydrogen) atoms. The van der Waals surface area contributed by atoms with Gasteiger partial charge in [0.2, 0.25) is 0 Å². The first-order chi connectivity index (χ1) is 8.55. The molecule has 3 nitrogen and oxygen atoms in total. The largest absolute Gasteiger partial charge is 0.329 e. The predicted molar refractivity (Wildman–Crippen MR) is 77.4 cm³/mol. The molecule has 0 aliphatic heterocycles. The van der Waals surface area contributed by atoms with Crippen molar-refractivity contribution in [3.05, 3.63) is 29.6 Å². The molecule has 1 atom stereocenters. The molecule has 0 amide bonds. The van der Waals surface area contributed by atoms with Gasteiger partial charge in [-0.15, -0.1) is 0 Å². The van der Waals surface area contributed by atoms with Crippen LogP contribution < -0.4 is 5.73 Å². The smallest absolute Gasteiger partial charge is 0.0313 e. The monoisotopic (exact) mass is 249 g/mol. The van der Waals surface area contributed by atoms with Crippen molar-refractivity contribution >= 4 is 0 Å². The highest BCUT2D eigenvalue weighted by atomic mass is 15.2. The number of aromatic nitrogens is 1. The molecule has 102 valence electrons. The van der Waals surface area contributed by atoms with Crippen LogP contribution in [0.15, 0.2) is 18.5 Å². The summed E-state index contributed by atoms with van der Waals surface area (Å²) in [6.45, 7) is 11.5.